The molecule has 25 heavy (non-hydrogen) atoms. The van der Waals surface area contributed by atoms with Gasteiger partial charge in [-0.25, -0.2) is 8.78 Å². The van der Waals surface area contributed by atoms with Gasteiger partial charge in [-0.1, -0.05) is 36.4 Å². The maximum Gasteiger partial charge on any atom is 0.272 e. The van der Waals surface area contributed by atoms with Crippen molar-refractivity contribution in [3.63, 3.8) is 0 Å². The van der Waals surface area contributed by atoms with Gasteiger partial charge in [0.05, 0.1) is 0 Å². The van der Waals surface area contributed by atoms with Gasteiger partial charge in [0.1, 0.15) is 12.4 Å². The van der Waals surface area contributed by atoms with Crippen LogP contribution in [0.1, 0.15) is 16.7 Å². The number of guanidine groups is 1. The molecule has 0 spiro atoms. The molecule has 0 aliphatic heterocycles. The third-order valence-corrected chi connectivity index (χ3v) is 3.67. The van der Waals surface area contributed by atoms with Gasteiger partial charge in [-0.2, -0.15) is 0 Å². The number of hydrogen-bond acceptors (Lipinski definition) is 2. The molecule has 0 aliphatic carbocycles. The second-order valence-electron chi connectivity index (χ2n) is 5.56. The van der Waals surface area contributed by atoms with Crippen LogP contribution < -0.4 is 15.4 Å². The molecule has 2 aromatic carbocycles. The van der Waals surface area contributed by atoms with E-state index in [0.29, 0.717) is 24.8 Å². The molecule has 0 aliphatic rings. The molecule has 0 fully saturated rings. The zero-order chi connectivity index (χ0) is 18.1. The standard InChI is InChI=1S/C19H23F2N3O/c1-14-6-3-4-8-16(14)12-24-19(22-2)23-11-15-7-5-9-17(10-15)25-13-18(20)21/h3-10,18H,11-13H2,1-2H3,(H2,22,23,24). The van der Waals surface area contributed by atoms with E-state index in [4.69, 9.17) is 4.74 Å². The second kappa shape index (κ2) is 9.61. The number of ether oxygens (including phenoxy) is 1. The quantitative estimate of drug-likeness (QED) is 0.595. The van der Waals surface area contributed by atoms with Crippen molar-refractivity contribution in [2.24, 2.45) is 4.99 Å². The van der Waals surface area contributed by atoms with Crippen LogP contribution >= 0.6 is 0 Å². The average molecular weight is 347 g/mol. The van der Waals surface area contributed by atoms with Crippen LogP contribution in [0.5, 0.6) is 5.75 Å². The highest BCUT2D eigenvalue weighted by Crippen LogP contribution is 2.14. The summed E-state index contributed by atoms with van der Waals surface area (Å²) >= 11 is 0. The number of nitrogens with one attached hydrogen (secondary N) is 2. The summed E-state index contributed by atoms with van der Waals surface area (Å²) < 4.78 is 29.5. The third kappa shape index (κ3) is 6.41. The molecule has 0 saturated heterocycles. The first kappa shape index (κ1) is 18.7. The minimum atomic E-state index is -2.48. The number of rotatable bonds is 7. The van der Waals surface area contributed by atoms with Crippen LogP contribution in [0.4, 0.5) is 8.78 Å². The Hall–Kier alpha value is -2.63. The summed E-state index contributed by atoms with van der Waals surface area (Å²) in [4.78, 5) is 4.19. The summed E-state index contributed by atoms with van der Waals surface area (Å²) in [6.07, 6.45) is -2.48. The van der Waals surface area contributed by atoms with Crippen LogP contribution in [-0.4, -0.2) is 26.0 Å². The van der Waals surface area contributed by atoms with Crippen molar-refractivity contribution in [1.29, 1.82) is 0 Å². The van der Waals surface area contributed by atoms with E-state index in [2.05, 4.69) is 34.7 Å². The summed E-state index contributed by atoms with van der Waals surface area (Å²) in [5.74, 6) is 1.10. The summed E-state index contributed by atoms with van der Waals surface area (Å²) in [6, 6.07) is 15.2. The van der Waals surface area contributed by atoms with Gasteiger partial charge in [0.25, 0.3) is 6.43 Å². The molecule has 6 heteroatoms. The normalized spacial score (nSPS) is 11.5. The zero-order valence-electron chi connectivity index (χ0n) is 14.4. The van der Waals surface area contributed by atoms with E-state index in [0.717, 1.165) is 5.56 Å². The van der Waals surface area contributed by atoms with Gasteiger partial charge in [-0.3, -0.25) is 4.99 Å². The minimum Gasteiger partial charge on any atom is -0.488 e. The molecular weight excluding hydrogens is 324 g/mol. The molecule has 4 nitrogen and oxygen atoms in total. The molecule has 0 amide bonds. The molecule has 0 radical (unpaired) electrons. The lowest BCUT2D eigenvalue weighted by atomic mass is 10.1. The minimum absolute atomic E-state index is 0.433. The predicted octanol–water partition coefficient (Wildman–Crippen LogP) is 3.50. The number of aryl methyl sites for hydroxylation is 1. The lowest BCUT2D eigenvalue weighted by Gasteiger charge is -2.14. The largest absolute Gasteiger partial charge is 0.488 e. The number of halogens is 2. The topological polar surface area (TPSA) is 45.7 Å². The van der Waals surface area contributed by atoms with Gasteiger partial charge < -0.3 is 15.4 Å². The summed E-state index contributed by atoms with van der Waals surface area (Å²) in [7, 11) is 1.70. The Morgan fingerprint density at radius 1 is 1.08 bits per heavy atom. The van der Waals surface area contributed by atoms with Crippen molar-refractivity contribution in [2.75, 3.05) is 13.7 Å². The Morgan fingerprint density at radius 2 is 1.84 bits per heavy atom. The Labute approximate surface area is 146 Å². The highest BCUT2D eigenvalue weighted by atomic mass is 19.3. The number of hydrogen-bond donors (Lipinski definition) is 2. The van der Waals surface area contributed by atoms with E-state index in [9.17, 15) is 8.78 Å². The van der Waals surface area contributed by atoms with E-state index in [1.54, 1.807) is 25.2 Å². The SMILES string of the molecule is CN=C(NCc1cccc(OCC(F)F)c1)NCc1ccccc1C. The fourth-order valence-corrected chi connectivity index (χ4v) is 2.30. The highest BCUT2D eigenvalue weighted by Gasteiger charge is 2.05. The van der Waals surface area contributed by atoms with Crippen LogP contribution in [0.3, 0.4) is 0 Å². The van der Waals surface area contributed by atoms with E-state index in [-0.39, 0.29) is 0 Å². The Kier molecular flexibility index (Phi) is 7.19. The number of benzene rings is 2. The Bertz CT molecular complexity index is 705. The van der Waals surface area contributed by atoms with E-state index >= 15 is 0 Å². The van der Waals surface area contributed by atoms with Gasteiger partial charge in [-0.05, 0) is 35.7 Å². The summed E-state index contributed by atoms with van der Waals surface area (Å²) in [6.45, 7) is 2.65. The first-order valence-electron chi connectivity index (χ1n) is 8.07. The molecular formula is C19H23F2N3O. The molecule has 0 atom stereocenters. The van der Waals surface area contributed by atoms with Crippen molar-refractivity contribution in [1.82, 2.24) is 10.6 Å². The van der Waals surface area contributed by atoms with Crippen molar-refractivity contribution >= 4 is 5.96 Å². The van der Waals surface area contributed by atoms with Crippen molar-refractivity contribution in [3.8, 4) is 5.75 Å². The summed E-state index contributed by atoms with van der Waals surface area (Å²) in [5.41, 5.74) is 3.34. The molecule has 2 rings (SSSR count). The van der Waals surface area contributed by atoms with Crippen molar-refractivity contribution in [3.05, 3.63) is 65.2 Å². The van der Waals surface area contributed by atoms with Crippen LogP contribution in [-0.2, 0) is 13.1 Å². The first-order chi connectivity index (χ1) is 12.1. The molecule has 134 valence electrons. The maximum atomic E-state index is 12.2. The van der Waals surface area contributed by atoms with E-state index < -0.39 is 13.0 Å². The van der Waals surface area contributed by atoms with Gasteiger partial charge in [-0.15, -0.1) is 0 Å². The van der Waals surface area contributed by atoms with Crippen LogP contribution in [0, 0.1) is 6.92 Å². The van der Waals surface area contributed by atoms with Crippen LogP contribution in [0.2, 0.25) is 0 Å². The van der Waals surface area contributed by atoms with Crippen LogP contribution in [0.15, 0.2) is 53.5 Å². The first-order valence-corrected chi connectivity index (χ1v) is 8.07. The fraction of sp³-hybridized carbons (Fsp3) is 0.316. The van der Waals surface area contributed by atoms with Crippen molar-refractivity contribution < 1.29 is 13.5 Å². The monoisotopic (exact) mass is 347 g/mol. The lowest BCUT2D eigenvalue weighted by molar-refractivity contribution is 0.0818. The second-order valence-corrected chi connectivity index (χ2v) is 5.56. The lowest BCUT2D eigenvalue weighted by Crippen LogP contribution is -2.36. The third-order valence-electron chi connectivity index (χ3n) is 3.67. The van der Waals surface area contributed by atoms with Gasteiger partial charge >= 0.3 is 0 Å². The van der Waals surface area contributed by atoms with Crippen LogP contribution in [0.25, 0.3) is 0 Å². The average Bonchev–Trinajstić information content (AvgIpc) is 2.62. The maximum absolute atomic E-state index is 12.2. The zero-order valence-corrected chi connectivity index (χ0v) is 14.4. The van der Waals surface area contributed by atoms with Gasteiger partial charge in [0.15, 0.2) is 5.96 Å². The van der Waals surface area contributed by atoms with E-state index in [1.807, 2.05) is 18.2 Å². The molecule has 0 unspecified atom stereocenters. The fourth-order valence-electron chi connectivity index (χ4n) is 2.30. The molecule has 0 saturated carbocycles. The van der Waals surface area contributed by atoms with Gasteiger partial charge in [0, 0.05) is 20.1 Å². The van der Waals surface area contributed by atoms with Crippen molar-refractivity contribution in [2.45, 2.75) is 26.4 Å². The smallest absolute Gasteiger partial charge is 0.272 e. The molecule has 2 aromatic rings. The molecule has 0 heterocycles. The Balaban J connectivity index is 1.86. The molecule has 0 aromatic heterocycles. The van der Waals surface area contributed by atoms with E-state index in [1.165, 1.54) is 11.1 Å². The Morgan fingerprint density at radius 3 is 2.56 bits per heavy atom. The molecule has 0 bridgehead atoms. The summed E-state index contributed by atoms with van der Waals surface area (Å²) in [5, 5.41) is 6.46. The molecule has 2 N–H and O–H groups in total. The number of alkyl halides is 2. The predicted molar refractivity (Wildman–Crippen MR) is 96.2 cm³/mol. The van der Waals surface area contributed by atoms with Gasteiger partial charge in [0.2, 0.25) is 0 Å². The number of aliphatic imine (C=N–C) groups is 1. The highest BCUT2D eigenvalue weighted by molar-refractivity contribution is 5.79. The number of nitrogens with zero attached hydrogens (tertiary/aromatic N) is 1.